The van der Waals surface area contributed by atoms with E-state index in [1.807, 2.05) is 60.6 Å². The molecule has 14 rings (SSSR count). The lowest BCUT2D eigenvalue weighted by atomic mass is 9.84. The van der Waals surface area contributed by atoms with Crippen LogP contribution in [0.3, 0.4) is 0 Å². The minimum absolute atomic E-state index is 0.000000000000000222. The van der Waals surface area contributed by atoms with E-state index in [0.29, 0.717) is 86.2 Å². The van der Waals surface area contributed by atoms with Crippen molar-refractivity contribution in [2.75, 3.05) is 46.0 Å². The van der Waals surface area contributed by atoms with E-state index in [0.717, 1.165) is 122 Å². The Bertz CT molecular complexity index is 5250. The molecule has 8 aliphatic rings. The van der Waals surface area contributed by atoms with Crippen molar-refractivity contribution in [3.05, 3.63) is 216 Å². The number of aliphatic hydroxyl groups excluding tert-OH is 2. The summed E-state index contributed by atoms with van der Waals surface area (Å²) in [6.45, 7) is 34.6. The van der Waals surface area contributed by atoms with Crippen LogP contribution in [-0.4, -0.2) is 200 Å². The fraction of sp³-hybridized carbons (Fsp3) is 0.580. The molecule has 0 saturated carbocycles. The maximum absolute atomic E-state index is 14.0. The number of fused-ring (bicyclic) bond motifs is 1. The number of likely N-dealkylation sites (tertiary alicyclic amines) is 3. The first kappa shape index (κ1) is 123. The second kappa shape index (κ2) is 57.3. The number of halogens is 10. The van der Waals surface area contributed by atoms with Crippen LogP contribution in [0.15, 0.2) is 141 Å². The summed E-state index contributed by atoms with van der Waals surface area (Å²) in [4.78, 5) is 52.7. The molecule has 0 aromatic heterocycles. The highest BCUT2D eigenvalue weighted by atomic mass is 79.9. The van der Waals surface area contributed by atoms with Crippen LogP contribution in [0.1, 0.15) is 243 Å². The van der Waals surface area contributed by atoms with Gasteiger partial charge in [-0.2, -0.15) is 30.0 Å². The standard InChI is InChI=1S/C23H34FNO5.C18H26FNO4.C13H16FNO.C12H14BrFO2.C11H19NO3.C7H6BrFO.C7H8O3S.C5H8O.C4H9F3O3SSi.H2OS/c1-22(2,3)30-21(26)25-12-7-8-19(25)23(4,27)18-11-10-17(24)14-16(18)15-29-20-9-5-6-13-28-20;1-17(2,3)24-16(22)20-9-5-6-15(20)18(4,23)14-8-7-13(19)10-12(14)11-21;1-13(12-3-2-6-15-12)11-5-4-10(14)7-9(11)8-16-13;13-11-5-4-10(14)7-9(11)8-16-12-3-1-2-6-15-12;1-8(13)9-6-5-7-12(9)10(14)15-11(2,3)4;8-7-2-1-6(9)3-5(7)4-10;1-6-2-4-7(5-3-6)11(8,9)10;1-2-4-6-5-3-1;1-12(2,3)10-11(8,9)4(5,6)7;1-2/h10-11,14,19-20,27H,5-9,12-13,15H2,1-4H3;7-8,10,15,21,23H,5-6,9,11H2,1-4H3;4-5,7,12,15H,2-3,6,8H2,1H3;4-5,7,12H,1-3,6,8H2;9H,5-7H2,1-4H3;1-3,10H,4H2;2-5H,1H3,(H,8,9,10);2,4H,1,3,5H2;1-3H3;1-2H/t19-,20?,23?;15-,18?;12-,13+;;9-;;;;;/m111.1...../s1/i/hT. The number of ketones is 1. The van der Waals surface area contributed by atoms with Crippen molar-refractivity contribution in [3.8, 4) is 0 Å². The van der Waals surface area contributed by atoms with E-state index in [1.54, 1.807) is 82.2 Å². The summed E-state index contributed by atoms with van der Waals surface area (Å²) in [5.41, 5.74) is -3.79. The first-order valence-electron chi connectivity index (χ1n) is 47.3. The van der Waals surface area contributed by atoms with Gasteiger partial charge in [-0.1, -0.05) is 67.8 Å². The van der Waals surface area contributed by atoms with Gasteiger partial charge in [-0.15, -0.1) is 0 Å². The van der Waals surface area contributed by atoms with Gasteiger partial charge in [-0.25, -0.2) is 36.3 Å². The highest BCUT2D eigenvalue weighted by Crippen LogP contribution is 2.44. The van der Waals surface area contributed by atoms with Crippen LogP contribution in [0, 0.1) is 36.0 Å². The normalized spacial score (nSPS) is 20.9. The highest BCUT2D eigenvalue weighted by Gasteiger charge is 2.51. The number of benzene rings is 6. The van der Waals surface area contributed by atoms with E-state index in [1.165, 1.54) is 128 Å². The third-order valence-electron chi connectivity index (χ3n) is 22.8. The number of Topliss-reactive ketones (excluding diaryl/α,β-unsaturated/α-hetero) is 1. The number of ether oxygens (including phenoxy) is 9. The number of aliphatic hydroxyl groups is 4. The van der Waals surface area contributed by atoms with Gasteiger partial charge in [0.2, 0.25) is 8.32 Å². The van der Waals surface area contributed by atoms with E-state index in [2.05, 4.69) is 48.0 Å². The molecule has 0 aliphatic carbocycles. The highest BCUT2D eigenvalue weighted by molar-refractivity contribution is 9.10. The SMILES string of the molecule is C1=COCCC1.CC(=O)[C@H]1CCCN1C(=O)OC(C)(C)C.CC(C)(C)OC(=O)N1CCC[C@@H]1C(C)(O)c1ccc(F)cc1CO.CC(C)(C)OC(=O)N1CCC[C@@H]1C(C)(O)c1ccc(F)cc1COC1CCCCO1.C[C@]1([C@H]2CCCN2)OCc2cc(F)ccc21.C[Si](C)(C)OS(=O)(=O)C(F)(F)F.Cc1ccc(S(=O)(=O)O)cc1.Fc1ccc(Br)c(COC2CCCCO2)c1.OCc1cc(F)ccc1Br.[3H]SO. The molecule has 7 N–H and O–H groups in total. The van der Waals surface area contributed by atoms with E-state index in [-0.39, 0.29) is 91.1 Å². The summed E-state index contributed by atoms with van der Waals surface area (Å²) in [5.74, 6) is -1.58. The number of carbonyl (C=O) groups is 4. The number of hydrogen-bond acceptors (Lipinski definition) is 25. The van der Waals surface area contributed by atoms with Crippen molar-refractivity contribution in [1.29, 1.82) is 1.12 Å². The molecule has 8 aliphatic heterocycles. The third-order valence-corrected chi connectivity index (χ3v) is 28.6. The molecule has 42 heteroatoms. The molecule has 0 spiro atoms. The Kier molecular flexibility index (Phi) is 49.8. The Morgan fingerprint density at radius 2 is 0.979 bits per heavy atom. The van der Waals surface area contributed by atoms with Crippen LogP contribution < -0.4 is 5.32 Å². The van der Waals surface area contributed by atoms with Gasteiger partial charge < -0.3 is 86.6 Å². The lowest BCUT2D eigenvalue weighted by molar-refractivity contribution is -0.169. The average molecular weight is 2220 g/mol. The van der Waals surface area contributed by atoms with E-state index in [9.17, 15) is 86.5 Å². The van der Waals surface area contributed by atoms with Gasteiger partial charge in [0, 0.05) is 47.8 Å². The predicted octanol–water partition coefficient (Wildman–Crippen LogP) is 22.0. The summed E-state index contributed by atoms with van der Waals surface area (Å²) >= 11 is 6.53. The lowest BCUT2D eigenvalue weighted by Gasteiger charge is -2.38. The number of aryl methyl sites for hydroxylation is 1. The van der Waals surface area contributed by atoms with Gasteiger partial charge in [0.1, 0.15) is 63.8 Å². The number of nitrogens with one attached hydrogen (secondary N) is 1. The van der Waals surface area contributed by atoms with Gasteiger partial charge in [0.25, 0.3) is 10.1 Å². The molecule has 0 bridgehead atoms. The number of rotatable bonds is 17. The van der Waals surface area contributed by atoms with Crippen molar-refractivity contribution < 1.29 is 147 Å². The van der Waals surface area contributed by atoms with E-state index in [4.69, 9.17) is 58.0 Å². The van der Waals surface area contributed by atoms with Crippen LogP contribution in [0.25, 0.3) is 0 Å². The molecular weight excluding hydrogens is 2080 g/mol. The summed E-state index contributed by atoms with van der Waals surface area (Å²) in [7, 11) is -12.1. The van der Waals surface area contributed by atoms with Crippen molar-refractivity contribution in [2.45, 2.75) is 333 Å². The molecule has 6 aromatic rings. The Hall–Kier alpha value is -7.31. The van der Waals surface area contributed by atoms with Crippen LogP contribution >= 0.6 is 44.7 Å². The average Bonchev–Trinajstić information content (AvgIpc) is 1.53. The van der Waals surface area contributed by atoms with Gasteiger partial charge in [0.15, 0.2) is 18.4 Å². The largest absolute Gasteiger partial charge is 0.522 e. The minimum atomic E-state index is -5.39. The monoisotopic (exact) mass is 2220 g/mol. The number of thiol groups is 1. The Balaban J connectivity index is 0.000000291. The second-order valence-electron chi connectivity index (χ2n) is 39.1. The smallest absolute Gasteiger partial charge is 0.502 e. The number of amides is 3. The molecule has 9 atom stereocenters. The fourth-order valence-electron chi connectivity index (χ4n) is 16.1. The maximum atomic E-state index is 14.0. The molecule has 6 aromatic carbocycles. The number of alkyl halides is 3. The second-order valence-corrected chi connectivity index (χ2v) is 48.5. The van der Waals surface area contributed by atoms with E-state index < -0.39 is 98.0 Å². The zero-order chi connectivity index (χ0) is 107. The quantitative estimate of drug-likeness (QED) is 0.00799. The van der Waals surface area contributed by atoms with Gasteiger partial charge >= 0.3 is 33.9 Å². The Labute approximate surface area is 854 Å². The molecule has 4 unspecified atom stereocenters. The molecule has 8 heterocycles. The molecule has 3 amide bonds. The van der Waals surface area contributed by atoms with Crippen LogP contribution in [0.4, 0.5) is 49.5 Å². The van der Waals surface area contributed by atoms with E-state index >= 15 is 0 Å². The first-order valence-corrected chi connectivity index (χ1v) is 55.1. The fourth-order valence-corrected chi connectivity index (χ4v) is 20.3. The third kappa shape index (κ3) is 41.8. The predicted molar refractivity (Wildman–Crippen MR) is 533 cm³/mol. The van der Waals surface area contributed by atoms with Crippen LogP contribution in [0.2, 0.25) is 19.6 Å². The molecule has 0 radical (unpaired) electrons. The molecule has 6 saturated heterocycles. The maximum Gasteiger partial charge on any atom is 0.522 e. The lowest BCUT2D eigenvalue weighted by Crippen LogP contribution is -2.50. The van der Waals surface area contributed by atoms with Crippen molar-refractivity contribution in [1.82, 2.24) is 20.0 Å². The van der Waals surface area contributed by atoms with Crippen LogP contribution in [0.5, 0.6) is 0 Å². The Morgan fingerprint density at radius 3 is 1.37 bits per heavy atom. The minimum Gasteiger partial charge on any atom is -0.502 e. The topological polar surface area (TPSA) is 372 Å². The first-order chi connectivity index (χ1) is 66.5. The molecule has 798 valence electrons. The summed E-state index contributed by atoms with van der Waals surface area (Å²) in [6.07, 6.45) is 17.2. The van der Waals surface area contributed by atoms with Crippen molar-refractivity contribution >= 4 is 97.3 Å². The number of nitrogens with zero attached hydrogens (tertiary/aromatic N) is 3. The van der Waals surface area contributed by atoms with Gasteiger partial charge in [-0.05, 0) is 374 Å². The van der Waals surface area contributed by atoms with Crippen LogP contribution in [-0.2, 0) is 121 Å². The van der Waals surface area contributed by atoms with Gasteiger partial charge in [0.05, 0.1) is 68.9 Å². The van der Waals surface area contributed by atoms with Crippen molar-refractivity contribution in [3.63, 3.8) is 0 Å². The molecular formula is C100H142Br2F8N4O24S3Si. The Morgan fingerprint density at radius 1 is 0.556 bits per heavy atom. The summed E-state index contributed by atoms with van der Waals surface area (Å²) in [6, 6.07) is 27.1. The summed E-state index contributed by atoms with van der Waals surface area (Å²) in [5, 5.41) is 44.3. The molecule has 28 nitrogen and oxygen atoms in total. The number of carbonyl (C=O) groups excluding carboxylic acids is 4. The zero-order valence-electron chi connectivity index (χ0n) is 84.8. The number of hydrogen-bond donors (Lipinski definition) is 8. The van der Waals surface area contributed by atoms with Gasteiger partial charge in [-0.3, -0.25) is 14.2 Å². The summed E-state index contributed by atoms with van der Waals surface area (Å²) < 4.78 is 219. The van der Waals surface area contributed by atoms with Crippen molar-refractivity contribution in [2.24, 2.45) is 0 Å². The zero-order valence-corrected chi connectivity index (χ0v) is 90.4. The number of allylic oxidation sites excluding steroid dienone is 1. The molecule has 6 fully saturated rings. The molecule has 142 heavy (non-hydrogen) atoms.